The van der Waals surface area contributed by atoms with E-state index in [1.165, 1.54) is 16.7 Å². The lowest BCUT2D eigenvalue weighted by molar-refractivity contribution is -0.107. The van der Waals surface area contributed by atoms with E-state index >= 15 is 0 Å². The quantitative estimate of drug-likeness (QED) is 0.667. The average molecular weight is 253 g/mol. The molecular weight excluding hydrogens is 234 g/mol. The van der Waals surface area contributed by atoms with Crippen molar-refractivity contribution in [3.05, 3.63) is 53.1 Å². The van der Waals surface area contributed by atoms with Crippen molar-refractivity contribution in [3.63, 3.8) is 0 Å². The molecule has 0 radical (unpaired) electrons. The highest BCUT2D eigenvalue weighted by atomic mass is 16.1. The third kappa shape index (κ3) is 2.68. The predicted molar refractivity (Wildman–Crippen MR) is 80.1 cm³/mol. The molecule has 2 N–H and O–H groups in total. The van der Waals surface area contributed by atoms with Crippen LogP contribution in [0.1, 0.15) is 23.1 Å². The average Bonchev–Trinajstić information content (AvgIpc) is 2.42. The van der Waals surface area contributed by atoms with Crippen molar-refractivity contribution >= 4 is 12.0 Å². The van der Waals surface area contributed by atoms with Gasteiger partial charge in [-0.2, -0.15) is 0 Å². The zero-order valence-corrected chi connectivity index (χ0v) is 11.4. The molecule has 2 nitrogen and oxygen atoms in total. The Balaban J connectivity index is 2.47. The fraction of sp³-hybridized carbons (Fsp3) is 0.235. The van der Waals surface area contributed by atoms with Gasteiger partial charge in [-0.1, -0.05) is 36.4 Å². The molecule has 0 heterocycles. The van der Waals surface area contributed by atoms with Gasteiger partial charge in [-0.15, -0.1) is 0 Å². The van der Waals surface area contributed by atoms with Crippen molar-refractivity contribution in [1.82, 2.24) is 0 Å². The van der Waals surface area contributed by atoms with Crippen LogP contribution >= 0.6 is 0 Å². The lowest BCUT2D eigenvalue weighted by Crippen LogP contribution is -2.00. The van der Waals surface area contributed by atoms with E-state index in [0.29, 0.717) is 12.8 Å². The molecule has 2 aromatic rings. The van der Waals surface area contributed by atoms with Crippen LogP contribution in [-0.2, 0) is 11.2 Å². The Hall–Kier alpha value is -2.09. The fourth-order valence-electron chi connectivity index (χ4n) is 2.38. The lowest BCUT2D eigenvalue weighted by atomic mass is 9.93. The molecule has 0 saturated carbocycles. The van der Waals surface area contributed by atoms with Crippen LogP contribution in [0.3, 0.4) is 0 Å². The Bertz CT molecular complexity index is 602. The summed E-state index contributed by atoms with van der Waals surface area (Å²) in [5.74, 6) is 0. The van der Waals surface area contributed by atoms with Crippen LogP contribution in [0, 0.1) is 13.8 Å². The number of carbonyl (C=O) groups is 1. The molecule has 0 spiro atoms. The van der Waals surface area contributed by atoms with Crippen LogP contribution in [-0.4, -0.2) is 6.29 Å². The van der Waals surface area contributed by atoms with Crippen molar-refractivity contribution in [1.29, 1.82) is 0 Å². The molecule has 0 saturated heterocycles. The number of anilines is 1. The van der Waals surface area contributed by atoms with Crippen molar-refractivity contribution in [2.24, 2.45) is 0 Å². The molecule has 0 unspecified atom stereocenters. The highest BCUT2D eigenvalue weighted by Crippen LogP contribution is 2.31. The third-order valence-electron chi connectivity index (χ3n) is 3.57. The summed E-state index contributed by atoms with van der Waals surface area (Å²) in [5.41, 5.74) is 12.8. The molecule has 0 fully saturated rings. The van der Waals surface area contributed by atoms with Gasteiger partial charge < -0.3 is 10.5 Å². The van der Waals surface area contributed by atoms with Crippen LogP contribution in [0.2, 0.25) is 0 Å². The van der Waals surface area contributed by atoms with Gasteiger partial charge in [0, 0.05) is 12.1 Å². The summed E-state index contributed by atoms with van der Waals surface area (Å²) in [4.78, 5) is 10.5. The van der Waals surface area contributed by atoms with Crippen LogP contribution < -0.4 is 5.73 Å². The molecule has 0 aliphatic rings. The highest BCUT2D eigenvalue weighted by Gasteiger charge is 2.10. The summed E-state index contributed by atoms with van der Waals surface area (Å²) < 4.78 is 0. The number of hydrogen-bond acceptors (Lipinski definition) is 2. The maximum Gasteiger partial charge on any atom is 0.120 e. The van der Waals surface area contributed by atoms with Crippen molar-refractivity contribution in [3.8, 4) is 11.1 Å². The maximum atomic E-state index is 10.5. The number of carbonyl (C=O) groups excluding carboxylic acids is 1. The summed E-state index contributed by atoms with van der Waals surface area (Å²) in [5, 5.41) is 0. The van der Waals surface area contributed by atoms with Gasteiger partial charge in [-0.3, -0.25) is 0 Å². The van der Waals surface area contributed by atoms with E-state index in [9.17, 15) is 4.79 Å². The largest absolute Gasteiger partial charge is 0.398 e. The van der Waals surface area contributed by atoms with Gasteiger partial charge >= 0.3 is 0 Å². The molecule has 2 heteroatoms. The summed E-state index contributed by atoms with van der Waals surface area (Å²) >= 11 is 0. The topological polar surface area (TPSA) is 43.1 Å². The number of nitrogen functional groups attached to an aromatic ring is 1. The fourth-order valence-corrected chi connectivity index (χ4v) is 2.38. The van der Waals surface area contributed by atoms with Gasteiger partial charge in [0.15, 0.2) is 0 Å². The number of nitrogens with two attached hydrogens (primary N) is 1. The number of aldehydes is 1. The molecule has 0 aromatic heterocycles. The minimum atomic E-state index is 0.521. The number of benzene rings is 2. The summed E-state index contributed by atoms with van der Waals surface area (Å²) in [6.07, 6.45) is 2.17. The molecule has 2 rings (SSSR count). The summed E-state index contributed by atoms with van der Waals surface area (Å²) in [6, 6.07) is 12.4. The zero-order chi connectivity index (χ0) is 13.8. The molecule has 0 amide bonds. The second-order valence-corrected chi connectivity index (χ2v) is 4.83. The van der Waals surface area contributed by atoms with Gasteiger partial charge in [0.1, 0.15) is 6.29 Å². The SMILES string of the molecule is Cc1ccccc1-c1ccc(CCC=O)c(N)c1C. The maximum absolute atomic E-state index is 10.5. The van der Waals surface area contributed by atoms with Crippen LogP contribution in [0.15, 0.2) is 36.4 Å². The van der Waals surface area contributed by atoms with Gasteiger partial charge in [0.25, 0.3) is 0 Å². The standard InChI is InChI=1S/C17H19NO/c1-12-6-3-4-8-15(12)16-10-9-14(7-5-11-19)17(18)13(16)2/h3-4,6,8-11H,5,7,18H2,1-2H3. The van der Waals surface area contributed by atoms with Crippen molar-refractivity contribution in [2.75, 3.05) is 5.73 Å². The van der Waals surface area contributed by atoms with Crippen LogP contribution in [0.5, 0.6) is 0 Å². The number of rotatable bonds is 4. The smallest absolute Gasteiger partial charge is 0.120 e. The lowest BCUT2D eigenvalue weighted by Gasteiger charge is -2.14. The summed E-state index contributed by atoms with van der Waals surface area (Å²) in [7, 11) is 0. The van der Waals surface area contributed by atoms with Crippen molar-refractivity contribution < 1.29 is 4.79 Å². The van der Waals surface area contributed by atoms with E-state index in [0.717, 1.165) is 23.1 Å². The molecule has 0 aliphatic heterocycles. The third-order valence-corrected chi connectivity index (χ3v) is 3.57. The second-order valence-electron chi connectivity index (χ2n) is 4.83. The Kier molecular flexibility index (Phi) is 4.00. The molecule has 0 aliphatic carbocycles. The van der Waals surface area contributed by atoms with Crippen molar-refractivity contribution in [2.45, 2.75) is 26.7 Å². The summed E-state index contributed by atoms with van der Waals surface area (Å²) in [6.45, 7) is 4.15. The van der Waals surface area contributed by atoms with E-state index < -0.39 is 0 Å². The van der Waals surface area contributed by atoms with E-state index in [1.807, 2.05) is 25.1 Å². The molecule has 19 heavy (non-hydrogen) atoms. The Morgan fingerprint density at radius 2 is 1.79 bits per heavy atom. The Morgan fingerprint density at radius 1 is 1.05 bits per heavy atom. The van der Waals surface area contributed by atoms with E-state index in [2.05, 4.69) is 25.1 Å². The first-order valence-electron chi connectivity index (χ1n) is 6.52. The predicted octanol–water partition coefficient (Wildman–Crippen LogP) is 3.68. The normalized spacial score (nSPS) is 10.4. The van der Waals surface area contributed by atoms with Crippen LogP contribution in [0.4, 0.5) is 5.69 Å². The first kappa shape index (κ1) is 13.3. The van der Waals surface area contributed by atoms with E-state index in [4.69, 9.17) is 5.73 Å². The first-order chi connectivity index (χ1) is 9.15. The number of hydrogen-bond donors (Lipinski definition) is 1. The Morgan fingerprint density at radius 3 is 2.47 bits per heavy atom. The second kappa shape index (κ2) is 5.70. The van der Waals surface area contributed by atoms with E-state index in [-0.39, 0.29) is 0 Å². The Labute approximate surface area is 114 Å². The van der Waals surface area contributed by atoms with Gasteiger partial charge in [-0.25, -0.2) is 0 Å². The minimum Gasteiger partial charge on any atom is -0.398 e. The first-order valence-corrected chi connectivity index (χ1v) is 6.52. The minimum absolute atomic E-state index is 0.521. The van der Waals surface area contributed by atoms with Gasteiger partial charge in [0.2, 0.25) is 0 Å². The van der Waals surface area contributed by atoms with Gasteiger partial charge in [0.05, 0.1) is 0 Å². The van der Waals surface area contributed by atoms with Gasteiger partial charge in [-0.05, 0) is 48.1 Å². The van der Waals surface area contributed by atoms with Crippen LogP contribution in [0.25, 0.3) is 11.1 Å². The molecule has 2 aromatic carbocycles. The molecule has 0 atom stereocenters. The highest BCUT2D eigenvalue weighted by molar-refractivity contribution is 5.76. The zero-order valence-electron chi connectivity index (χ0n) is 11.4. The number of aryl methyl sites for hydroxylation is 2. The molecule has 98 valence electrons. The molecular formula is C17H19NO. The van der Waals surface area contributed by atoms with E-state index in [1.54, 1.807) is 0 Å². The molecule has 0 bridgehead atoms. The monoisotopic (exact) mass is 253 g/mol.